The highest BCUT2D eigenvalue weighted by Crippen LogP contribution is 2.34. The molecule has 0 atom stereocenters. The number of hydrogen-bond acceptors (Lipinski definition) is 2. The van der Waals surface area contributed by atoms with Gasteiger partial charge in [0.05, 0.1) is 5.69 Å². The summed E-state index contributed by atoms with van der Waals surface area (Å²) in [5.74, 6) is 1.16. The molecule has 0 saturated heterocycles. The van der Waals surface area contributed by atoms with Crippen molar-refractivity contribution in [2.45, 2.75) is 72.1 Å². The molecule has 2 nitrogen and oxygen atoms in total. The van der Waals surface area contributed by atoms with Crippen molar-refractivity contribution in [3.63, 3.8) is 0 Å². The van der Waals surface area contributed by atoms with Gasteiger partial charge in [0.2, 0.25) is 0 Å². The summed E-state index contributed by atoms with van der Waals surface area (Å²) >= 11 is 0. The molecule has 0 aliphatic carbocycles. The topological polar surface area (TPSA) is 29.4 Å². The first-order valence-corrected chi connectivity index (χ1v) is 8.14. The van der Waals surface area contributed by atoms with Gasteiger partial charge in [0.1, 0.15) is 5.78 Å². The average Bonchev–Trinajstić information content (AvgIpc) is 2.44. The number of ketones is 1. The van der Waals surface area contributed by atoms with Crippen LogP contribution < -0.4 is 0 Å². The predicted molar refractivity (Wildman–Crippen MR) is 91.9 cm³/mol. The molecule has 0 spiro atoms. The van der Waals surface area contributed by atoms with Crippen molar-refractivity contribution in [2.24, 2.45) is 4.99 Å². The van der Waals surface area contributed by atoms with Crippen molar-refractivity contribution < 1.29 is 4.79 Å². The normalized spacial score (nSPS) is 11.8. The molecule has 116 valence electrons. The van der Waals surface area contributed by atoms with Gasteiger partial charge in [0.15, 0.2) is 0 Å². The number of carbonyl (C=O) groups is 1. The van der Waals surface area contributed by atoms with E-state index in [0.29, 0.717) is 24.7 Å². The first-order valence-electron chi connectivity index (χ1n) is 8.14. The van der Waals surface area contributed by atoms with Crippen LogP contribution in [0.4, 0.5) is 5.69 Å². The van der Waals surface area contributed by atoms with Gasteiger partial charge in [-0.2, -0.15) is 0 Å². The summed E-state index contributed by atoms with van der Waals surface area (Å²) in [7, 11) is 0. The molecule has 2 heteroatoms. The van der Waals surface area contributed by atoms with Gasteiger partial charge < -0.3 is 0 Å². The third-order valence-corrected chi connectivity index (χ3v) is 3.69. The Morgan fingerprint density at radius 2 is 1.71 bits per heavy atom. The standard InChI is InChI=1S/C19H29NO/c1-6-7-9-16(21)12-13-20-19-17(14(2)3)10-8-11-18(19)15(4)5/h8,10-11,13-15H,6-7,9,12H2,1-5H3. The van der Waals surface area contributed by atoms with Crippen LogP contribution in [0, 0.1) is 0 Å². The highest BCUT2D eigenvalue weighted by Gasteiger charge is 2.12. The summed E-state index contributed by atoms with van der Waals surface area (Å²) in [5.41, 5.74) is 3.59. The zero-order valence-electron chi connectivity index (χ0n) is 14.1. The Hall–Kier alpha value is -1.44. The van der Waals surface area contributed by atoms with Crippen LogP contribution in [0.2, 0.25) is 0 Å². The SMILES string of the molecule is CCCCC(=O)CC=Nc1c(C(C)C)cccc1C(C)C. The van der Waals surface area contributed by atoms with Crippen molar-refractivity contribution in [1.29, 1.82) is 0 Å². The smallest absolute Gasteiger partial charge is 0.138 e. The summed E-state index contributed by atoms with van der Waals surface area (Å²) in [6.07, 6.45) is 4.96. The molecular formula is C19H29NO. The fraction of sp³-hybridized carbons (Fsp3) is 0.579. The van der Waals surface area contributed by atoms with E-state index in [4.69, 9.17) is 0 Å². The summed E-state index contributed by atoms with van der Waals surface area (Å²) in [6, 6.07) is 6.39. The first kappa shape index (κ1) is 17.6. The quantitative estimate of drug-likeness (QED) is 0.557. The number of para-hydroxylation sites is 1. The summed E-state index contributed by atoms with van der Waals surface area (Å²) in [5, 5.41) is 0. The van der Waals surface area contributed by atoms with Crippen LogP contribution in [0.1, 0.15) is 83.3 Å². The summed E-state index contributed by atoms with van der Waals surface area (Å²) in [6.45, 7) is 10.8. The first-order chi connectivity index (χ1) is 9.97. The maximum absolute atomic E-state index is 11.7. The minimum absolute atomic E-state index is 0.286. The third-order valence-electron chi connectivity index (χ3n) is 3.69. The number of Topliss-reactive ketones (excluding diaryl/α,β-unsaturated/α-hetero) is 1. The van der Waals surface area contributed by atoms with E-state index in [0.717, 1.165) is 18.5 Å². The van der Waals surface area contributed by atoms with Crippen LogP contribution in [-0.4, -0.2) is 12.0 Å². The molecule has 0 unspecified atom stereocenters. The Kier molecular flexibility index (Phi) is 7.35. The number of rotatable bonds is 8. The predicted octanol–water partition coefficient (Wildman–Crippen LogP) is 5.79. The maximum Gasteiger partial charge on any atom is 0.138 e. The Labute approximate surface area is 129 Å². The van der Waals surface area contributed by atoms with Gasteiger partial charge in [-0.25, -0.2) is 0 Å². The largest absolute Gasteiger partial charge is 0.299 e. The molecule has 0 aromatic heterocycles. The van der Waals surface area contributed by atoms with Gasteiger partial charge in [-0.05, 0) is 29.4 Å². The lowest BCUT2D eigenvalue weighted by Gasteiger charge is -2.16. The zero-order chi connectivity index (χ0) is 15.8. The van der Waals surface area contributed by atoms with E-state index >= 15 is 0 Å². The number of hydrogen-bond donors (Lipinski definition) is 0. The summed E-state index contributed by atoms with van der Waals surface area (Å²) < 4.78 is 0. The number of carbonyl (C=O) groups excluding carboxylic acids is 1. The van der Waals surface area contributed by atoms with E-state index in [9.17, 15) is 4.79 Å². The van der Waals surface area contributed by atoms with Crippen LogP contribution in [0.25, 0.3) is 0 Å². The van der Waals surface area contributed by atoms with E-state index < -0.39 is 0 Å². The molecule has 0 heterocycles. The average molecular weight is 287 g/mol. The van der Waals surface area contributed by atoms with Gasteiger partial charge in [-0.15, -0.1) is 0 Å². The fourth-order valence-corrected chi connectivity index (χ4v) is 2.38. The van der Waals surface area contributed by atoms with Gasteiger partial charge >= 0.3 is 0 Å². The Balaban J connectivity index is 2.92. The molecule has 0 bridgehead atoms. The molecule has 1 aromatic rings. The van der Waals surface area contributed by atoms with Gasteiger partial charge in [-0.1, -0.05) is 59.2 Å². The van der Waals surface area contributed by atoms with E-state index in [1.807, 2.05) is 0 Å². The Morgan fingerprint density at radius 3 is 2.19 bits per heavy atom. The molecule has 21 heavy (non-hydrogen) atoms. The van der Waals surface area contributed by atoms with Crippen molar-refractivity contribution in [3.8, 4) is 0 Å². The summed E-state index contributed by atoms with van der Waals surface area (Å²) in [4.78, 5) is 16.4. The highest BCUT2D eigenvalue weighted by atomic mass is 16.1. The van der Waals surface area contributed by atoms with E-state index in [-0.39, 0.29) is 5.78 Å². The monoisotopic (exact) mass is 287 g/mol. The number of nitrogens with zero attached hydrogens (tertiary/aromatic N) is 1. The molecule has 0 saturated carbocycles. The lowest BCUT2D eigenvalue weighted by Crippen LogP contribution is -1.99. The van der Waals surface area contributed by atoms with Crippen molar-refractivity contribution in [1.82, 2.24) is 0 Å². The third kappa shape index (κ3) is 5.45. The number of unbranched alkanes of at least 4 members (excludes halogenated alkanes) is 1. The zero-order valence-corrected chi connectivity index (χ0v) is 14.1. The Morgan fingerprint density at radius 1 is 1.14 bits per heavy atom. The van der Waals surface area contributed by atoms with Crippen LogP contribution >= 0.6 is 0 Å². The van der Waals surface area contributed by atoms with Gasteiger partial charge in [0.25, 0.3) is 0 Å². The second-order valence-corrected chi connectivity index (χ2v) is 6.25. The van der Waals surface area contributed by atoms with Crippen LogP contribution in [0.3, 0.4) is 0 Å². The van der Waals surface area contributed by atoms with Crippen molar-refractivity contribution >= 4 is 17.7 Å². The van der Waals surface area contributed by atoms with Crippen molar-refractivity contribution in [2.75, 3.05) is 0 Å². The molecule has 1 aromatic carbocycles. The molecule has 0 amide bonds. The lowest BCUT2D eigenvalue weighted by atomic mass is 9.93. The maximum atomic E-state index is 11.7. The minimum atomic E-state index is 0.286. The number of aliphatic imine (C=N–C) groups is 1. The molecular weight excluding hydrogens is 258 g/mol. The van der Waals surface area contributed by atoms with Crippen molar-refractivity contribution in [3.05, 3.63) is 29.3 Å². The molecule has 0 radical (unpaired) electrons. The van der Waals surface area contributed by atoms with Gasteiger partial charge in [-0.3, -0.25) is 9.79 Å². The van der Waals surface area contributed by atoms with E-state index in [1.54, 1.807) is 6.21 Å². The molecule has 0 aliphatic heterocycles. The number of benzene rings is 1. The molecule has 0 fully saturated rings. The molecule has 0 aliphatic rings. The highest BCUT2D eigenvalue weighted by molar-refractivity contribution is 5.92. The Bertz CT molecular complexity index is 460. The molecule has 0 N–H and O–H groups in total. The van der Waals surface area contributed by atoms with E-state index in [2.05, 4.69) is 57.8 Å². The molecule has 1 rings (SSSR count). The van der Waals surface area contributed by atoms with Crippen LogP contribution in [0.5, 0.6) is 0 Å². The van der Waals surface area contributed by atoms with Gasteiger partial charge in [0, 0.05) is 19.1 Å². The van der Waals surface area contributed by atoms with Crippen LogP contribution in [0.15, 0.2) is 23.2 Å². The van der Waals surface area contributed by atoms with Crippen LogP contribution in [-0.2, 0) is 4.79 Å². The second-order valence-electron chi connectivity index (χ2n) is 6.25. The minimum Gasteiger partial charge on any atom is -0.299 e. The second kappa shape index (κ2) is 8.76. The lowest BCUT2D eigenvalue weighted by molar-refractivity contribution is -0.117. The fourth-order valence-electron chi connectivity index (χ4n) is 2.38. The van der Waals surface area contributed by atoms with E-state index in [1.165, 1.54) is 11.1 Å².